The van der Waals surface area contributed by atoms with Crippen LogP contribution in [0.3, 0.4) is 0 Å². The van der Waals surface area contributed by atoms with Crippen LogP contribution < -0.4 is 5.32 Å². The van der Waals surface area contributed by atoms with Crippen molar-refractivity contribution in [2.75, 3.05) is 6.54 Å². The normalized spacial score (nSPS) is 31.4. The molecule has 0 saturated carbocycles. The first kappa shape index (κ1) is 7.63. The quantitative estimate of drug-likeness (QED) is 0.541. The summed E-state index contributed by atoms with van der Waals surface area (Å²) in [5.41, 5.74) is 0.322. The molecule has 1 unspecified atom stereocenters. The number of hydrogen-bond acceptors (Lipinski definition) is 1. The standard InChI is InChI=1S/C9H15N/c1-3-4-6-9(2)7-5-8-10-9/h10H,5-8H2,1-2H3. The minimum absolute atomic E-state index is 0.322. The molecule has 1 atom stereocenters. The van der Waals surface area contributed by atoms with E-state index in [-0.39, 0.29) is 0 Å². The predicted octanol–water partition coefficient (Wildman–Crippen LogP) is 1.54. The van der Waals surface area contributed by atoms with Gasteiger partial charge in [0.15, 0.2) is 0 Å². The third-order valence-electron chi connectivity index (χ3n) is 2.11. The lowest BCUT2D eigenvalue weighted by atomic mass is 9.97. The Hall–Kier alpha value is -0.480. The Morgan fingerprint density at radius 1 is 1.60 bits per heavy atom. The molecule has 1 aliphatic heterocycles. The van der Waals surface area contributed by atoms with Crippen LogP contribution in [0.5, 0.6) is 0 Å². The van der Waals surface area contributed by atoms with Gasteiger partial charge in [0.25, 0.3) is 0 Å². The van der Waals surface area contributed by atoms with Gasteiger partial charge in [-0.2, -0.15) is 0 Å². The Balaban J connectivity index is 2.40. The van der Waals surface area contributed by atoms with Gasteiger partial charge in [0.05, 0.1) is 0 Å². The fourth-order valence-corrected chi connectivity index (χ4v) is 1.39. The van der Waals surface area contributed by atoms with Crippen LogP contribution in [0.25, 0.3) is 0 Å². The van der Waals surface area contributed by atoms with Crippen molar-refractivity contribution < 1.29 is 0 Å². The Bertz CT molecular complexity index is 155. The molecule has 1 heterocycles. The second-order valence-electron chi connectivity index (χ2n) is 3.19. The third kappa shape index (κ3) is 1.75. The zero-order chi connectivity index (χ0) is 7.45. The van der Waals surface area contributed by atoms with Crippen LogP contribution in [0.4, 0.5) is 0 Å². The second-order valence-corrected chi connectivity index (χ2v) is 3.19. The molecule has 1 heteroatoms. The van der Waals surface area contributed by atoms with Crippen LogP contribution in [0, 0.1) is 11.8 Å². The van der Waals surface area contributed by atoms with Crippen LogP contribution in [0.2, 0.25) is 0 Å². The van der Waals surface area contributed by atoms with Crippen LogP contribution >= 0.6 is 0 Å². The van der Waals surface area contributed by atoms with Crippen molar-refractivity contribution in [2.24, 2.45) is 0 Å². The largest absolute Gasteiger partial charge is 0.311 e. The lowest BCUT2D eigenvalue weighted by Gasteiger charge is -2.20. The fourth-order valence-electron chi connectivity index (χ4n) is 1.39. The highest BCUT2D eigenvalue weighted by molar-refractivity contribution is 5.04. The lowest BCUT2D eigenvalue weighted by Crippen LogP contribution is -2.35. The van der Waals surface area contributed by atoms with E-state index < -0.39 is 0 Å². The Morgan fingerprint density at radius 2 is 2.40 bits per heavy atom. The van der Waals surface area contributed by atoms with Crippen molar-refractivity contribution >= 4 is 0 Å². The van der Waals surface area contributed by atoms with Crippen molar-refractivity contribution in [3.63, 3.8) is 0 Å². The highest BCUT2D eigenvalue weighted by Gasteiger charge is 2.26. The summed E-state index contributed by atoms with van der Waals surface area (Å²) in [7, 11) is 0. The van der Waals surface area contributed by atoms with Crippen LogP contribution in [0.15, 0.2) is 0 Å². The predicted molar refractivity (Wildman–Crippen MR) is 43.7 cm³/mol. The molecule has 1 N–H and O–H groups in total. The molecule has 1 aliphatic rings. The maximum atomic E-state index is 3.47. The molecule has 0 aromatic rings. The summed E-state index contributed by atoms with van der Waals surface area (Å²) in [6, 6.07) is 0. The van der Waals surface area contributed by atoms with Gasteiger partial charge in [-0.1, -0.05) is 0 Å². The minimum Gasteiger partial charge on any atom is -0.311 e. The molecule has 10 heavy (non-hydrogen) atoms. The zero-order valence-corrected chi connectivity index (χ0v) is 6.83. The molecular formula is C9H15N. The smallest absolute Gasteiger partial charge is 0.0269 e. The lowest BCUT2D eigenvalue weighted by molar-refractivity contribution is 0.426. The first-order chi connectivity index (χ1) is 4.77. The Morgan fingerprint density at radius 3 is 2.90 bits per heavy atom. The molecule has 0 bridgehead atoms. The molecule has 56 valence electrons. The van der Waals surface area contributed by atoms with Gasteiger partial charge in [-0.25, -0.2) is 0 Å². The third-order valence-corrected chi connectivity index (χ3v) is 2.11. The molecule has 0 aliphatic carbocycles. The van der Waals surface area contributed by atoms with E-state index in [1.165, 1.54) is 19.4 Å². The maximum absolute atomic E-state index is 3.47. The summed E-state index contributed by atoms with van der Waals surface area (Å²) in [5, 5.41) is 3.47. The molecule has 1 saturated heterocycles. The molecule has 0 amide bonds. The molecule has 0 aromatic carbocycles. The SMILES string of the molecule is CC#CCC1(C)CCCN1. The van der Waals surface area contributed by atoms with E-state index in [1.807, 2.05) is 6.92 Å². The fraction of sp³-hybridized carbons (Fsp3) is 0.778. The molecule has 1 nitrogen and oxygen atoms in total. The maximum Gasteiger partial charge on any atom is 0.0269 e. The van der Waals surface area contributed by atoms with Crippen LogP contribution in [0.1, 0.15) is 33.1 Å². The molecule has 1 fully saturated rings. The van der Waals surface area contributed by atoms with Crippen molar-refractivity contribution in [1.29, 1.82) is 0 Å². The van der Waals surface area contributed by atoms with E-state index in [4.69, 9.17) is 0 Å². The van der Waals surface area contributed by atoms with Gasteiger partial charge in [0, 0.05) is 12.0 Å². The van der Waals surface area contributed by atoms with Crippen LogP contribution in [-0.4, -0.2) is 12.1 Å². The zero-order valence-electron chi connectivity index (χ0n) is 6.83. The topological polar surface area (TPSA) is 12.0 Å². The van der Waals surface area contributed by atoms with Crippen molar-refractivity contribution in [1.82, 2.24) is 5.32 Å². The summed E-state index contributed by atoms with van der Waals surface area (Å²) >= 11 is 0. The Kier molecular flexibility index (Phi) is 2.34. The highest BCUT2D eigenvalue weighted by Crippen LogP contribution is 2.21. The summed E-state index contributed by atoms with van der Waals surface area (Å²) in [5.74, 6) is 6.05. The summed E-state index contributed by atoms with van der Waals surface area (Å²) in [6.45, 7) is 5.32. The molecule has 0 spiro atoms. The van der Waals surface area contributed by atoms with Crippen molar-refractivity contribution in [3.05, 3.63) is 0 Å². The molecule has 0 radical (unpaired) electrons. The van der Waals surface area contributed by atoms with E-state index >= 15 is 0 Å². The average molecular weight is 137 g/mol. The minimum atomic E-state index is 0.322. The second kappa shape index (κ2) is 3.07. The van der Waals surface area contributed by atoms with Gasteiger partial charge in [-0.15, -0.1) is 11.8 Å². The van der Waals surface area contributed by atoms with E-state index in [9.17, 15) is 0 Å². The van der Waals surface area contributed by atoms with Gasteiger partial charge < -0.3 is 5.32 Å². The average Bonchev–Trinajstić information content (AvgIpc) is 2.33. The van der Waals surface area contributed by atoms with Gasteiger partial charge >= 0.3 is 0 Å². The summed E-state index contributed by atoms with van der Waals surface area (Å²) in [4.78, 5) is 0. The van der Waals surface area contributed by atoms with Crippen molar-refractivity contribution in [3.8, 4) is 11.8 Å². The first-order valence-corrected chi connectivity index (χ1v) is 3.91. The summed E-state index contributed by atoms with van der Waals surface area (Å²) < 4.78 is 0. The van der Waals surface area contributed by atoms with E-state index in [1.54, 1.807) is 0 Å². The molecule has 0 aromatic heterocycles. The highest BCUT2D eigenvalue weighted by atomic mass is 15.0. The van der Waals surface area contributed by atoms with Gasteiger partial charge in [-0.05, 0) is 33.2 Å². The van der Waals surface area contributed by atoms with Crippen molar-refractivity contribution in [2.45, 2.75) is 38.6 Å². The number of rotatable bonds is 1. The first-order valence-electron chi connectivity index (χ1n) is 3.91. The van der Waals surface area contributed by atoms with Crippen LogP contribution in [-0.2, 0) is 0 Å². The van der Waals surface area contributed by atoms with Gasteiger partial charge in [-0.3, -0.25) is 0 Å². The van der Waals surface area contributed by atoms with E-state index in [0.29, 0.717) is 5.54 Å². The van der Waals surface area contributed by atoms with E-state index in [2.05, 4.69) is 24.1 Å². The number of hydrogen-bond donors (Lipinski definition) is 1. The van der Waals surface area contributed by atoms with E-state index in [0.717, 1.165) is 6.42 Å². The number of nitrogens with one attached hydrogen (secondary N) is 1. The van der Waals surface area contributed by atoms with Gasteiger partial charge in [0.2, 0.25) is 0 Å². The van der Waals surface area contributed by atoms with Gasteiger partial charge in [0.1, 0.15) is 0 Å². The molecule has 1 rings (SSSR count). The molecular weight excluding hydrogens is 122 g/mol. The Labute approximate surface area is 63.2 Å². The monoisotopic (exact) mass is 137 g/mol. The summed E-state index contributed by atoms with van der Waals surface area (Å²) in [6.07, 6.45) is 3.59.